The van der Waals surface area contributed by atoms with Crippen molar-refractivity contribution in [2.24, 2.45) is 0 Å². The average molecular weight is 537 g/mol. The molecule has 1 aliphatic rings. The summed E-state index contributed by atoms with van der Waals surface area (Å²) in [5.41, 5.74) is 2.52. The average Bonchev–Trinajstić information content (AvgIpc) is 2.93. The molecule has 1 saturated heterocycles. The Morgan fingerprint density at radius 1 is 0.974 bits per heavy atom. The Kier molecular flexibility index (Phi) is 9.73. The minimum Gasteiger partial charge on any atom is -0.340 e. The zero-order chi connectivity index (χ0) is 26.9. The van der Waals surface area contributed by atoms with Gasteiger partial charge in [-0.05, 0) is 47.9 Å². The molecule has 1 N–H and O–H groups in total. The van der Waals surface area contributed by atoms with Crippen LogP contribution in [0.2, 0.25) is 5.02 Å². The molecule has 1 fully saturated rings. The number of benzene rings is 3. The highest BCUT2D eigenvalue weighted by Gasteiger charge is 2.28. The number of anilines is 1. The Labute approximate surface area is 229 Å². The fourth-order valence-electron chi connectivity index (χ4n) is 4.74. The molecule has 0 aliphatic carbocycles. The molecule has 38 heavy (non-hydrogen) atoms. The molecule has 0 saturated carbocycles. The van der Waals surface area contributed by atoms with E-state index in [0.29, 0.717) is 43.4 Å². The molecule has 8 heteroatoms. The van der Waals surface area contributed by atoms with Crippen molar-refractivity contribution < 1.29 is 14.0 Å². The normalized spacial score (nSPS) is 14.7. The second kappa shape index (κ2) is 13.4. The molecule has 0 aromatic heterocycles. The highest BCUT2D eigenvalue weighted by atomic mass is 35.5. The van der Waals surface area contributed by atoms with E-state index in [1.54, 1.807) is 41.3 Å². The Bertz CT molecular complexity index is 1200. The lowest BCUT2D eigenvalue weighted by molar-refractivity contribution is -0.134. The van der Waals surface area contributed by atoms with E-state index in [2.05, 4.69) is 17.1 Å². The Balaban J connectivity index is 1.35. The van der Waals surface area contributed by atoms with Crippen LogP contribution in [-0.2, 0) is 11.3 Å². The lowest BCUT2D eigenvalue weighted by atomic mass is 9.95. The van der Waals surface area contributed by atoms with Crippen molar-refractivity contribution in [2.45, 2.75) is 25.8 Å². The van der Waals surface area contributed by atoms with Crippen LogP contribution in [0, 0.1) is 5.82 Å². The van der Waals surface area contributed by atoms with Crippen LogP contribution in [-0.4, -0.2) is 65.9 Å². The molecular weight excluding hydrogens is 503 g/mol. The summed E-state index contributed by atoms with van der Waals surface area (Å²) in [7, 11) is 0. The molecule has 0 spiro atoms. The first-order chi connectivity index (χ1) is 18.4. The Morgan fingerprint density at radius 3 is 2.34 bits per heavy atom. The summed E-state index contributed by atoms with van der Waals surface area (Å²) >= 11 is 6.08. The molecule has 1 atom stereocenters. The van der Waals surface area contributed by atoms with Crippen molar-refractivity contribution in [3.05, 3.63) is 101 Å². The molecule has 3 amide bonds. The van der Waals surface area contributed by atoms with Gasteiger partial charge in [-0.15, -0.1) is 0 Å². The standard InChI is InChI=1S/C30H34ClFN4O2/c1-2-28(24-7-4-3-5-8-24)29(37)35-18-15-34(16-19-35)17-20-36(22-23-11-13-26(32)14-12-23)30(38)33-27-10-6-9-25(31)21-27/h3-14,21,28H,2,15-20,22H2,1H3,(H,33,38). The summed E-state index contributed by atoms with van der Waals surface area (Å²) in [6.45, 7) is 6.37. The van der Waals surface area contributed by atoms with Gasteiger partial charge < -0.3 is 15.1 Å². The van der Waals surface area contributed by atoms with Crippen molar-refractivity contribution in [3.8, 4) is 0 Å². The molecule has 6 nitrogen and oxygen atoms in total. The molecule has 4 rings (SSSR count). The summed E-state index contributed by atoms with van der Waals surface area (Å²) in [5.74, 6) is -0.255. The third-order valence-electron chi connectivity index (χ3n) is 6.93. The molecule has 200 valence electrons. The summed E-state index contributed by atoms with van der Waals surface area (Å²) in [4.78, 5) is 32.4. The lowest BCUT2D eigenvalue weighted by Gasteiger charge is -2.37. The van der Waals surface area contributed by atoms with Crippen molar-refractivity contribution in [1.82, 2.24) is 14.7 Å². The van der Waals surface area contributed by atoms with Crippen LogP contribution in [0.3, 0.4) is 0 Å². The number of hydrogen-bond donors (Lipinski definition) is 1. The molecule has 0 radical (unpaired) electrons. The summed E-state index contributed by atoms with van der Waals surface area (Å²) in [6.07, 6.45) is 0.767. The number of nitrogens with zero attached hydrogens (tertiary/aromatic N) is 3. The van der Waals surface area contributed by atoms with Gasteiger partial charge in [0, 0.05) is 56.5 Å². The maximum absolute atomic E-state index is 13.4. The van der Waals surface area contributed by atoms with Crippen molar-refractivity contribution in [2.75, 3.05) is 44.6 Å². The van der Waals surface area contributed by atoms with Gasteiger partial charge in [-0.1, -0.05) is 67.1 Å². The molecular formula is C30H34ClFN4O2. The highest BCUT2D eigenvalue weighted by molar-refractivity contribution is 6.30. The SMILES string of the molecule is CCC(C(=O)N1CCN(CCN(Cc2ccc(F)cc2)C(=O)Nc2cccc(Cl)c2)CC1)c1ccccc1. The van der Waals surface area contributed by atoms with Crippen LogP contribution in [0.1, 0.15) is 30.4 Å². The topological polar surface area (TPSA) is 55.9 Å². The first-order valence-corrected chi connectivity index (χ1v) is 13.4. The molecule has 1 aliphatic heterocycles. The zero-order valence-electron chi connectivity index (χ0n) is 21.7. The number of halogens is 2. The van der Waals surface area contributed by atoms with E-state index in [9.17, 15) is 14.0 Å². The number of carbonyl (C=O) groups is 2. The van der Waals surface area contributed by atoms with Crippen LogP contribution in [0.5, 0.6) is 0 Å². The third kappa shape index (κ3) is 7.55. The number of carbonyl (C=O) groups excluding carboxylic acids is 2. The maximum Gasteiger partial charge on any atom is 0.322 e. The molecule has 1 heterocycles. The quantitative estimate of drug-likeness (QED) is 0.373. The van der Waals surface area contributed by atoms with Crippen LogP contribution in [0.4, 0.5) is 14.9 Å². The third-order valence-corrected chi connectivity index (χ3v) is 7.16. The second-order valence-corrected chi connectivity index (χ2v) is 9.96. The summed E-state index contributed by atoms with van der Waals surface area (Å²) in [6, 6.07) is 22.9. The maximum atomic E-state index is 13.4. The first kappa shape index (κ1) is 27.6. The van der Waals surface area contributed by atoms with Gasteiger partial charge >= 0.3 is 6.03 Å². The van der Waals surface area contributed by atoms with Crippen molar-refractivity contribution >= 4 is 29.2 Å². The number of amides is 3. The van der Waals surface area contributed by atoms with E-state index in [1.807, 2.05) is 35.2 Å². The van der Waals surface area contributed by atoms with Gasteiger partial charge in [0.2, 0.25) is 5.91 Å². The summed E-state index contributed by atoms with van der Waals surface area (Å²) < 4.78 is 13.4. The lowest BCUT2D eigenvalue weighted by Crippen LogP contribution is -2.51. The van der Waals surface area contributed by atoms with Gasteiger partial charge in [0.15, 0.2) is 0 Å². The van der Waals surface area contributed by atoms with Gasteiger partial charge in [-0.2, -0.15) is 0 Å². The predicted molar refractivity (Wildman–Crippen MR) is 150 cm³/mol. The van der Waals surface area contributed by atoms with Gasteiger partial charge in [0.25, 0.3) is 0 Å². The predicted octanol–water partition coefficient (Wildman–Crippen LogP) is 5.85. The van der Waals surface area contributed by atoms with E-state index in [4.69, 9.17) is 11.6 Å². The monoisotopic (exact) mass is 536 g/mol. The highest BCUT2D eigenvalue weighted by Crippen LogP contribution is 2.23. The van der Waals surface area contributed by atoms with E-state index < -0.39 is 0 Å². The van der Waals surface area contributed by atoms with E-state index >= 15 is 0 Å². The van der Waals surface area contributed by atoms with Crippen LogP contribution in [0.15, 0.2) is 78.9 Å². The number of rotatable bonds is 9. The number of urea groups is 1. The fraction of sp³-hybridized carbons (Fsp3) is 0.333. The largest absolute Gasteiger partial charge is 0.340 e. The smallest absolute Gasteiger partial charge is 0.322 e. The van der Waals surface area contributed by atoms with Crippen LogP contribution < -0.4 is 5.32 Å². The Morgan fingerprint density at radius 2 is 1.68 bits per heavy atom. The van der Waals surface area contributed by atoms with Crippen LogP contribution in [0.25, 0.3) is 0 Å². The van der Waals surface area contributed by atoms with Crippen LogP contribution >= 0.6 is 11.6 Å². The summed E-state index contributed by atoms with van der Waals surface area (Å²) in [5, 5.41) is 3.46. The zero-order valence-corrected chi connectivity index (χ0v) is 22.4. The molecule has 0 bridgehead atoms. The van der Waals surface area contributed by atoms with Gasteiger partial charge in [-0.3, -0.25) is 9.69 Å². The second-order valence-electron chi connectivity index (χ2n) is 9.53. The van der Waals surface area contributed by atoms with Crippen molar-refractivity contribution in [3.63, 3.8) is 0 Å². The molecule has 1 unspecified atom stereocenters. The van der Waals surface area contributed by atoms with Gasteiger partial charge in [-0.25, -0.2) is 9.18 Å². The Hall–Kier alpha value is -3.42. The van der Waals surface area contributed by atoms with E-state index in [-0.39, 0.29) is 23.7 Å². The number of hydrogen-bond acceptors (Lipinski definition) is 3. The minimum absolute atomic E-state index is 0.121. The number of nitrogens with one attached hydrogen (secondary N) is 1. The number of piperazine rings is 1. The van der Waals surface area contributed by atoms with E-state index in [0.717, 1.165) is 30.6 Å². The fourth-order valence-corrected chi connectivity index (χ4v) is 4.93. The molecule has 3 aromatic rings. The first-order valence-electron chi connectivity index (χ1n) is 13.0. The minimum atomic E-state index is -0.311. The van der Waals surface area contributed by atoms with E-state index in [1.165, 1.54) is 12.1 Å². The van der Waals surface area contributed by atoms with Gasteiger partial charge in [0.05, 0.1) is 5.92 Å². The van der Waals surface area contributed by atoms with Crippen molar-refractivity contribution in [1.29, 1.82) is 0 Å². The molecule has 3 aromatic carbocycles. The van der Waals surface area contributed by atoms with Gasteiger partial charge in [0.1, 0.15) is 5.82 Å².